The first-order valence-corrected chi connectivity index (χ1v) is 12.2. The highest BCUT2D eigenvalue weighted by atomic mass is 16.2. The van der Waals surface area contributed by atoms with Crippen molar-refractivity contribution >= 4 is 23.6 Å². The average Bonchev–Trinajstić information content (AvgIpc) is 3.20. The summed E-state index contributed by atoms with van der Waals surface area (Å²) in [5.74, 6) is -2.12. The van der Waals surface area contributed by atoms with Crippen molar-refractivity contribution in [3.05, 3.63) is 143 Å². The Labute approximate surface area is 220 Å². The molecule has 0 unspecified atom stereocenters. The zero-order chi connectivity index (χ0) is 26.5. The first kappa shape index (κ1) is 24.6. The van der Waals surface area contributed by atoms with E-state index in [2.05, 4.69) is 10.6 Å². The van der Waals surface area contributed by atoms with Gasteiger partial charge in [0.25, 0.3) is 11.8 Å². The number of imide groups is 1. The molecule has 0 saturated heterocycles. The third-order valence-corrected chi connectivity index (χ3v) is 6.43. The lowest BCUT2D eigenvalue weighted by atomic mass is 9.97. The van der Waals surface area contributed by atoms with Crippen molar-refractivity contribution in [2.24, 2.45) is 0 Å². The molecule has 7 nitrogen and oxygen atoms in total. The Morgan fingerprint density at radius 3 is 1.47 bits per heavy atom. The van der Waals surface area contributed by atoms with Crippen molar-refractivity contribution in [3.8, 4) is 0 Å². The van der Waals surface area contributed by atoms with Crippen LogP contribution in [0.2, 0.25) is 0 Å². The van der Waals surface area contributed by atoms with Crippen LogP contribution in [0.15, 0.2) is 115 Å². The number of nitrogens with zero attached hydrogens (tertiary/aromatic N) is 1. The largest absolute Gasteiger partial charge is 0.343 e. The van der Waals surface area contributed by atoms with E-state index in [1.165, 1.54) is 0 Å². The van der Waals surface area contributed by atoms with Crippen LogP contribution in [0.25, 0.3) is 0 Å². The number of carbonyl (C=O) groups excluding carboxylic acids is 4. The molecule has 38 heavy (non-hydrogen) atoms. The number of amides is 4. The van der Waals surface area contributed by atoms with Gasteiger partial charge in [-0.15, -0.1) is 0 Å². The molecule has 1 heterocycles. The lowest BCUT2D eigenvalue weighted by Crippen LogP contribution is -2.46. The number of rotatable bonds is 8. The van der Waals surface area contributed by atoms with Gasteiger partial charge >= 0.3 is 0 Å². The van der Waals surface area contributed by atoms with E-state index in [0.29, 0.717) is 5.56 Å². The molecule has 4 amide bonds. The fourth-order valence-corrected chi connectivity index (χ4v) is 4.55. The van der Waals surface area contributed by atoms with Gasteiger partial charge in [-0.3, -0.25) is 24.1 Å². The smallest absolute Gasteiger partial charge is 0.262 e. The van der Waals surface area contributed by atoms with Crippen LogP contribution < -0.4 is 10.6 Å². The number of carbonyl (C=O) groups is 4. The Bertz CT molecular complexity index is 1400. The molecule has 4 aromatic rings. The molecule has 0 aromatic heterocycles. The van der Waals surface area contributed by atoms with Crippen LogP contribution in [0.1, 0.15) is 49.5 Å². The topological polar surface area (TPSA) is 95.6 Å². The lowest BCUT2D eigenvalue weighted by Gasteiger charge is -2.25. The maximum atomic E-state index is 13.7. The van der Waals surface area contributed by atoms with Crippen molar-refractivity contribution in [2.45, 2.75) is 12.1 Å². The molecule has 0 spiro atoms. The molecule has 0 fully saturated rings. The molecule has 0 aliphatic carbocycles. The standard InChI is InChI=1S/C31H25N3O4/c35-26(20-34-30(37)24-18-10-11-19-25(24)31(34)38)32-28(23-16-8-3-9-17-23)29(36)33-27(21-12-4-1-5-13-21)22-14-6-2-7-15-22/h1-19,27-28H,20H2,(H,32,35)(H,33,36)/t28-/m0/s1. The zero-order valence-corrected chi connectivity index (χ0v) is 20.4. The molecule has 188 valence electrons. The summed E-state index contributed by atoms with van der Waals surface area (Å²) in [5.41, 5.74) is 2.86. The van der Waals surface area contributed by atoms with Crippen LogP contribution in [0.3, 0.4) is 0 Å². The number of benzene rings is 4. The summed E-state index contributed by atoms with van der Waals surface area (Å²) >= 11 is 0. The third-order valence-electron chi connectivity index (χ3n) is 6.43. The van der Waals surface area contributed by atoms with Gasteiger partial charge in [-0.2, -0.15) is 0 Å². The van der Waals surface area contributed by atoms with Crippen molar-refractivity contribution in [3.63, 3.8) is 0 Å². The van der Waals surface area contributed by atoms with Crippen molar-refractivity contribution < 1.29 is 19.2 Å². The molecule has 7 heteroatoms. The molecule has 4 aromatic carbocycles. The van der Waals surface area contributed by atoms with E-state index in [0.717, 1.165) is 16.0 Å². The minimum atomic E-state index is -1.05. The quantitative estimate of drug-likeness (QED) is 0.355. The van der Waals surface area contributed by atoms with Crippen LogP contribution >= 0.6 is 0 Å². The van der Waals surface area contributed by atoms with Crippen molar-refractivity contribution in [1.29, 1.82) is 0 Å². The Morgan fingerprint density at radius 2 is 1.00 bits per heavy atom. The highest BCUT2D eigenvalue weighted by Crippen LogP contribution is 2.25. The fraction of sp³-hybridized carbons (Fsp3) is 0.0968. The van der Waals surface area contributed by atoms with Gasteiger partial charge in [0.05, 0.1) is 17.2 Å². The minimum absolute atomic E-state index is 0.260. The Balaban J connectivity index is 1.38. The van der Waals surface area contributed by atoms with E-state index in [1.54, 1.807) is 48.5 Å². The number of nitrogens with one attached hydrogen (secondary N) is 2. The van der Waals surface area contributed by atoms with E-state index in [4.69, 9.17) is 0 Å². The van der Waals surface area contributed by atoms with Gasteiger partial charge in [0, 0.05) is 0 Å². The van der Waals surface area contributed by atoms with Crippen molar-refractivity contribution in [2.75, 3.05) is 6.54 Å². The monoisotopic (exact) mass is 503 g/mol. The first-order chi connectivity index (χ1) is 18.5. The summed E-state index contributed by atoms with van der Waals surface area (Å²) < 4.78 is 0. The van der Waals surface area contributed by atoms with Crippen LogP contribution in [0.5, 0.6) is 0 Å². The molecule has 0 bridgehead atoms. The van der Waals surface area contributed by atoms with E-state index in [9.17, 15) is 19.2 Å². The van der Waals surface area contributed by atoms with Gasteiger partial charge in [-0.05, 0) is 28.8 Å². The second kappa shape index (κ2) is 10.9. The average molecular weight is 504 g/mol. The van der Waals surface area contributed by atoms with Gasteiger partial charge in [-0.1, -0.05) is 103 Å². The normalized spacial score (nSPS) is 13.2. The highest BCUT2D eigenvalue weighted by Gasteiger charge is 2.37. The highest BCUT2D eigenvalue weighted by molar-refractivity contribution is 6.22. The van der Waals surface area contributed by atoms with E-state index >= 15 is 0 Å². The minimum Gasteiger partial charge on any atom is -0.343 e. The third kappa shape index (κ3) is 5.08. The molecule has 1 aliphatic rings. The van der Waals surface area contributed by atoms with Crippen LogP contribution in [0.4, 0.5) is 0 Å². The summed E-state index contributed by atoms with van der Waals surface area (Å²) in [6.07, 6.45) is 0. The second-order valence-electron chi connectivity index (χ2n) is 8.92. The van der Waals surface area contributed by atoms with E-state index < -0.39 is 42.3 Å². The number of hydrogen-bond donors (Lipinski definition) is 2. The number of fused-ring (bicyclic) bond motifs is 1. The van der Waals surface area contributed by atoms with Gasteiger partial charge in [0.2, 0.25) is 11.8 Å². The lowest BCUT2D eigenvalue weighted by molar-refractivity contribution is -0.129. The summed E-state index contributed by atoms with van der Waals surface area (Å²) in [6.45, 7) is -0.496. The first-order valence-electron chi connectivity index (χ1n) is 12.2. The fourth-order valence-electron chi connectivity index (χ4n) is 4.55. The van der Waals surface area contributed by atoms with E-state index in [1.807, 2.05) is 66.7 Å². The molecular weight excluding hydrogens is 478 g/mol. The molecule has 1 aliphatic heterocycles. The van der Waals surface area contributed by atoms with Crippen LogP contribution in [0, 0.1) is 0 Å². The number of hydrogen-bond acceptors (Lipinski definition) is 4. The summed E-state index contributed by atoms with van der Waals surface area (Å²) in [7, 11) is 0. The van der Waals surface area contributed by atoms with E-state index in [-0.39, 0.29) is 11.1 Å². The molecule has 1 atom stereocenters. The Hall–Kier alpha value is -5.04. The predicted molar refractivity (Wildman–Crippen MR) is 142 cm³/mol. The van der Waals surface area contributed by atoms with Gasteiger partial charge in [0.15, 0.2) is 0 Å². The maximum Gasteiger partial charge on any atom is 0.262 e. The maximum absolute atomic E-state index is 13.7. The zero-order valence-electron chi connectivity index (χ0n) is 20.4. The molecule has 2 N–H and O–H groups in total. The van der Waals surface area contributed by atoms with Crippen LogP contribution in [-0.4, -0.2) is 35.1 Å². The Morgan fingerprint density at radius 1 is 0.579 bits per heavy atom. The molecule has 0 radical (unpaired) electrons. The Kier molecular flexibility index (Phi) is 7.08. The van der Waals surface area contributed by atoms with Gasteiger partial charge in [0.1, 0.15) is 12.6 Å². The molecular formula is C31H25N3O4. The predicted octanol–water partition coefficient (Wildman–Crippen LogP) is 4.05. The summed E-state index contributed by atoms with van der Waals surface area (Å²) in [4.78, 5) is 53.2. The summed E-state index contributed by atoms with van der Waals surface area (Å²) in [6, 6.07) is 32.9. The molecule has 0 saturated carbocycles. The van der Waals surface area contributed by atoms with Gasteiger partial charge < -0.3 is 10.6 Å². The SMILES string of the molecule is O=C(CN1C(=O)c2ccccc2C1=O)N[C@H](C(=O)NC(c1ccccc1)c1ccccc1)c1ccccc1. The second-order valence-corrected chi connectivity index (χ2v) is 8.92. The van der Waals surface area contributed by atoms with Crippen LogP contribution in [-0.2, 0) is 9.59 Å². The molecule has 5 rings (SSSR count). The van der Waals surface area contributed by atoms with Gasteiger partial charge in [-0.25, -0.2) is 0 Å². The van der Waals surface area contributed by atoms with Crippen molar-refractivity contribution in [1.82, 2.24) is 15.5 Å². The summed E-state index contributed by atoms with van der Waals surface area (Å²) in [5, 5.41) is 5.82.